The maximum absolute atomic E-state index is 10.6. The number of ether oxygens (including phenoxy) is 4. The van der Waals surface area contributed by atoms with Crippen molar-refractivity contribution in [2.75, 3.05) is 46.1 Å². The molecule has 1 atom stereocenters. The zero-order chi connectivity index (χ0) is 26.0. The Labute approximate surface area is 226 Å². The van der Waals surface area contributed by atoms with Crippen LogP contribution in [-0.4, -0.2) is 51.2 Å². The lowest BCUT2D eigenvalue weighted by Crippen LogP contribution is -2.22. The summed E-state index contributed by atoms with van der Waals surface area (Å²) in [5, 5.41) is 15.2. The molecular weight excluding hydrogens is 501 g/mol. The van der Waals surface area contributed by atoms with Crippen molar-refractivity contribution in [3.8, 4) is 5.75 Å². The molecule has 6 nitrogen and oxygen atoms in total. The minimum atomic E-state index is -0.564. The van der Waals surface area contributed by atoms with Gasteiger partial charge in [-0.05, 0) is 63.1 Å². The van der Waals surface area contributed by atoms with Crippen LogP contribution in [0.25, 0.3) is 0 Å². The lowest BCUT2D eigenvalue weighted by atomic mass is 10.0. The molecule has 2 rings (SSSR count). The third-order valence-corrected chi connectivity index (χ3v) is 6.35. The van der Waals surface area contributed by atoms with Gasteiger partial charge in [0, 0.05) is 40.9 Å². The Morgan fingerprint density at radius 1 is 0.833 bits per heavy atom. The first-order valence-corrected chi connectivity index (χ1v) is 13.6. The monoisotopic (exact) mass is 541 g/mol. The molecule has 0 aliphatic rings. The molecule has 0 radical (unpaired) electrons. The third-order valence-electron chi connectivity index (χ3n) is 5.64. The Kier molecular flexibility index (Phi) is 16.1. The molecule has 0 amide bonds. The number of unbranched alkanes of at least 4 members (excludes halogenated alkanes) is 3. The molecule has 0 unspecified atom stereocenters. The van der Waals surface area contributed by atoms with E-state index < -0.39 is 6.10 Å². The first kappa shape index (κ1) is 30.8. The van der Waals surface area contributed by atoms with Crippen LogP contribution in [0.3, 0.4) is 0 Å². The van der Waals surface area contributed by atoms with E-state index in [9.17, 15) is 5.11 Å². The first-order valence-electron chi connectivity index (χ1n) is 12.9. The summed E-state index contributed by atoms with van der Waals surface area (Å²) in [4.78, 5) is 0. The summed E-state index contributed by atoms with van der Waals surface area (Å²) < 4.78 is 22.5. The van der Waals surface area contributed by atoms with Crippen LogP contribution in [0.1, 0.15) is 62.3 Å². The van der Waals surface area contributed by atoms with Crippen molar-refractivity contribution in [1.82, 2.24) is 5.32 Å². The Morgan fingerprint density at radius 2 is 1.58 bits per heavy atom. The van der Waals surface area contributed by atoms with Crippen molar-refractivity contribution in [2.45, 2.75) is 58.8 Å². The van der Waals surface area contributed by atoms with Crippen molar-refractivity contribution < 1.29 is 24.1 Å². The fourth-order valence-corrected chi connectivity index (χ4v) is 4.16. The Bertz CT molecular complexity index is 848. The molecule has 0 spiro atoms. The fraction of sp³-hybridized carbons (Fsp3) is 0.571. The SMILES string of the molecule is CCOCc1cc([C@@H](O)CNCCCCCCOCCOCc2c(Cl)cccc2Cl)ccc1OCC. The predicted octanol–water partition coefficient (Wildman–Crippen LogP) is 6.35. The largest absolute Gasteiger partial charge is 0.494 e. The number of aliphatic hydroxyl groups excluding tert-OH is 1. The highest BCUT2D eigenvalue weighted by molar-refractivity contribution is 6.35. The Balaban J connectivity index is 1.48. The lowest BCUT2D eigenvalue weighted by Gasteiger charge is -2.16. The molecule has 0 saturated carbocycles. The van der Waals surface area contributed by atoms with E-state index in [0.29, 0.717) is 56.2 Å². The van der Waals surface area contributed by atoms with Crippen molar-refractivity contribution in [1.29, 1.82) is 0 Å². The van der Waals surface area contributed by atoms with Crippen LogP contribution in [0.2, 0.25) is 10.0 Å². The molecule has 0 saturated heterocycles. The number of benzene rings is 2. The van der Waals surface area contributed by atoms with Crippen LogP contribution in [-0.2, 0) is 27.4 Å². The lowest BCUT2D eigenvalue weighted by molar-refractivity contribution is 0.0393. The quantitative estimate of drug-likeness (QED) is 0.190. The summed E-state index contributed by atoms with van der Waals surface area (Å²) in [6.45, 7) is 9.21. The molecule has 2 aromatic carbocycles. The van der Waals surface area contributed by atoms with Gasteiger partial charge in [0.1, 0.15) is 5.75 Å². The van der Waals surface area contributed by atoms with Crippen molar-refractivity contribution >= 4 is 23.2 Å². The maximum Gasteiger partial charge on any atom is 0.124 e. The number of hydrogen-bond acceptors (Lipinski definition) is 6. The summed E-state index contributed by atoms with van der Waals surface area (Å²) in [6.07, 6.45) is 3.75. The van der Waals surface area contributed by atoms with Gasteiger partial charge in [-0.2, -0.15) is 0 Å². The molecule has 202 valence electrons. The van der Waals surface area contributed by atoms with Crippen molar-refractivity contribution in [2.24, 2.45) is 0 Å². The molecule has 36 heavy (non-hydrogen) atoms. The summed E-state index contributed by atoms with van der Waals surface area (Å²) >= 11 is 12.3. The Morgan fingerprint density at radius 3 is 2.33 bits per heavy atom. The summed E-state index contributed by atoms with van der Waals surface area (Å²) in [5.41, 5.74) is 2.65. The Hall–Kier alpha value is -1.38. The molecule has 0 bridgehead atoms. The minimum Gasteiger partial charge on any atom is -0.494 e. The van der Waals surface area contributed by atoms with Crippen LogP contribution in [0, 0.1) is 0 Å². The van der Waals surface area contributed by atoms with E-state index in [1.165, 1.54) is 0 Å². The molecule has 8 heteroatoms. The van der Waals surface area contributed by atoms with E-state index in [1.54, 1.807) is 0 Å². The van der Waals surface area contributed by atoms with Gasteiger partial charge in [-0.1, -0.05) is 48.2 Å². The van der Waals surface area contributed by atoms with Crippen molar-refractivity contribution in [3.05, 3.63) is 63.1 Å². The predicted molar refractivity (Wildman–Crippen MR) is 146 cm³/mol. The summed E-state index contributed by atoms with van der Waals surface area (Å²) in [6, 6.07) is 11.2. The first-order chi connectivity index (χ1) is 17.6. The highest BCUT2D eigenvalue weighted by Gasteiger charge is 2.11. The highest BCUT2D eigenvalue weighted by atomic mass is 35.5. The molecular formula is C28H41Cl2NO5. The number of halogens is 2. The van der Waals surface area contributed by atoms with Gasteiger partial charge in [0.2, 0.25) is 0 Å². The van der Waals surface area contributed by atoms with Gasteiger partial charge >= 0.3 is 0 Å². The van der Waals surface area contributed by atoms with Gasteiger partial charge < -0.3 is 29.4 Å². The molecule has 2 N–H and O–H groups in total. The van der Waals surface area contributed by atoms with E-state index in [0.717, 1.165) is 61.3 Å². The maximum atomic E-state index is 10.6. The number of aliphatic hydroxyl groups is 1. The third kappa shape index (κ3) is 11.8. The van der Waals surface area contributed by atoms with E-state index >= 15 is 0 Å². The highest BCUT2D eigenvalue weighted by Crippen LogP contribution is 2.25. The van der Waals surface area contributed by atoms with Gasteiger partial charge in [0.15, 0.2) is 0 Å². The average Bonchev–Trinajstić information content (AvgIpc) is 2.87. The topological polar surface area (TPSA) is 69.2 Å². The van der Waals surface area contributed by atoms with Gasteiger partial charge in [-0.15, -0.1) is 0 Å². The van der Waals surface area contributed by atoms with E-state index in [2.05, 4.69) is 5.32 Å². The number of hydrogen-bond donors (Lipinski definition) is 2. The molecule has 0 heterocycles. The zero-order valence-corrected chi connectivity index (χ0v) is 23.1. The zero-order valence-electron chi connectivity index (χ0n) is 21.6. The van der Waals surface area contributed by atoms with Crippen molar-refractivity contribution in [3.63, 3.8) is 0 Å². The van der Waals surface area contributed by atoms with Crippen LogP contribution in [0.5, 0.6) is 5.75 Å². The average molecular weight is 543 g/mol. The second-order valence-electron chi connectivity index (χ2n) is 8.44. The number of rotatable bonds is 20. The van der Waals surface area contributed by atoms with Crippen LogP contribution in [0.4, 0.5) is 0 Å². The van der Waals surface area contributed by atoms with E-state index in [1.807, 2.05) is 50.2 Å². The summed E-state index contributed by atoms with van der Waals surface area (Å²) in [7, 11) is 0. The van der Waals surface area contributed by atoms with Crippen LogP contribution < -0.4 is 10.1 Å². The second-order valence-corrected chi connectivity index (χ2v) is 9.25. The smallest absolute Gasteiger partial charge is 0.124 e. The molecule has 0 aromatic heterocycles. The van der Waals surface area contributed by atoms with Crippen LogP contribution in [0.15, 0.2) is 36.4 Å². The van der Waals surface area contributed by atoms with E-state index in [-0.39, 0.29) is 0 Å². The van der Waals surface area contributed by atoms with Gasteiger partial charge in [-0.3, -0.25) is 0 Å². The van der Waals surface area contributed by atoms with Crippen LogP contribution >= 0.6 is 23.2 Å². The van der Waals surface area contributed by atoms with Gasteiger partial charge in [0.25, 0.3) is 0 Å². The standard InChI is InChI=1S/C28H41Cl2NO5/c1-3-33-20-23-18-22(12-13-28(23)36-4-2)27(32)19-31-14-7-5-6-8-15-34-16-17-35-21-24-25(29)10-9-11-26(24)30/h9-13,18,27,31-32H,3-8,14-17,19-21H2,1-2H3/t27-/m0/s1. The van der Waals surface area contributed by atoms with Gasteiger partial charge in [0.05, 0.1) is 39.1 Å². The molecule has 0 fully saturated rings. The molecule has 2 aromatic rings. The molecule has 0 aliphatic carbocycles. The second kappa shape index (κ2) is 18.8. The minimum absolute atomic E-state index is 0.385. The van der Waals surface area contributed by atoms with Gasteiger partial charge in [-0.25, -0.2) is 0 Å². The summed E-state index contributed by atoms with van der Waals surface area (Å²) in [5.74, 6) is 0.813. The normalized spacial score (nSPS) is 12.1. The van der Waals surface area contributed by atoms with E-state index in [4.69, 9.17) is 42.1 Å². The number of nitrogens with one attached hydrogen (secondary N) is 1. The fourth-order valence-electron chi connectivity index (χ4n) is 3.66. The molecule has 0 aliphatic heterocycles.